The molecule has 0 spiro atoms. The van der Waals surface area contributed by atoms with Crippen molar-refractivity contribution < 1.29 is 8.83 Å². The van der Waals surface area contributed by atoms with E-state index in [0.717, 1.165) is 76.9 Å². The van der Waals surface area contributed by atoms with Crippen LogP contribution < -0.4 is 0 Å². The first-order chi connectivity index (χ1) is 31.0. The summed E-state index contributed by atoms with van der Waals surface area (Å²) in [6.45, 7) is 4.60. The van der Waals surface area contributed by atoms with Gasteiger partial charge in [-0.1, -0.05) is 147 Å². The molecule has 13 aromatic rings. The number of aromatic nitrogens is 3. The molecule has 3 heterocycles. The minimum absolute atomic E-state index is 0.282. The summed E-state index contributed by atoms with van der Waals surface area (Å²) in [4.78, 5) is 16.2. The van der Waals surface area contributed by atoms with Gasteiger partial charge in [0.1, 0.15) is 22.3 Å². The molecule has 0 aliphatic heterocycles. The molecule has 1 aliphatic carbocycles. The number of hydrogen-bond donors (Lipinski definition) is 0. The van der Waals surface area contributed by atoms with Gasteiger partial charge >= 0.3 is 0 Å². The minimum Gasteiger partial charge on any atom is -0.456 e. The summed E-state index contributed by atoms with van der Waals surface area (Å²) in [7, 11) is 0. The van der Waals surface area contributed by atoms with E-state index in [4.69, 9.17) is 23.8 Å². The standard InChI is InChI=1S/C58H35N3O2/c1-58(2)47-16-8-5-14-42(47)53-48(58)31-46(52-43-15-7-10-18-50(43)63-54(52)53)57-60-55(59-56(61-57)35-23-28-51-45(30-35)41-13-6-9-17-49(41)62-51)34-20-19-33-22-25-39-38-24-21-32-11-3-4-12-36(32)37(38)26-27-40(39)44(33)29-34/h3-31H,1-2H3. The smallest absolute Gasteiger partial charge is 0.164 e. The SMILES string of the molecule is CC1(C)c2ccccc2-c2c1cc(-c1nc(-c3ccc4ccc5c(ccc6c7ccccc7ccc65)c4c3)nc(-c3ccc4oc5ccccc5c4c3)n1)c1c2oc2ccccc21. The van der Waals surface area contributed by atoms with Gasteiger partial charge in [-0.3, -0.25) is 0 Å². The Bertz CT molecular complexity index is 4140. The third-order valence-corrected chi connectivity index (χ3v) is 13.7. The van der Waals surface area contributed by atoms with Gasteiger partial charge in [-0.05, 0) is 102 Å². The molecule has 0 amide bonds. The minimum atomic E-state index is -0.282. The fourth-order valence-electron chi connectivity index (χ4n) is 10.6. The third-order valence-electron chi connectivity index (χ3n) is 13.7. The maximum absolute atomic E-state index is 6.88. The highest BCUT2D eigenvalue weighted by Crippen LogP contribution is 2.54. The van der Waals surface area contributed by atoms with E-state index in [1.54, 1.807) is 0 Å². The average Bonchev–Trinajstić information content (AvgIpc) is 3.98. The third kappa shape index (κ3) is 4.85. The predicted molar refractivity (Wildman–Crippen MR) is 258 cm³/mol. The predicted octanol–water partition coefficient (Wildman–Crippen LogP) is 15.6. The van der Waals surface area contributed by atoms with Gasteiger partial charge in [0.15, 0.2) is 17.5 Å². The van der Waals surface area contributed by atoms with Gasteiger partial charge in [-0.15, -0.1) is 0 Å². The van der Waals surface area contributed by atoms with E-state index in [2.05, 4.69) is 159 Å². The summed E-state index contributed by atoms with van der Waals surface area (Å²) in [5.41, 5.74) is 10.6. The van der Waals surface area contributed by atoms with Crippen molar-refractivity contribution in [3.05, 3.63) is 187 Å². The van der Waals surface area contributed by atoms with Crippen molar-refractivity contribution in [2.75, 3.05) is 0 Å². The summed E-state index contributed by atoms with van der Waals surface area (Å²) in [6, 6.07) is 62.5. The van der Waals surface area contributed by atoms with Gasteiger partial charge in [0.2, 0.25) is 0 Å². The molecule has 0 saturated heterocycles. The Labute approximate surface area is 360 Å². The number of furan rings is 2. The summed E-state index contributed by atoms with van der Waals surface area (Å²) >= 11 is 0. The van der Waals surface area contributed by atoms with Crippen LogP contribution in [0.25, 0.3) is 132 Å². The second-order valence-corrected chi connectivity index (χ2v) is 17.5. The summed E-state index contributed by atoms with van der Waals surface area (Å²) in [6.07, 6.45) is 0. The fourth-order valence-corrected chi connectivity index (χ4v) is 10.6. The van der Waals surface area contributed by atoms with E-state index < -0.39 is 0 Å². The first kappa shape index (κ1) is 34.6. The Morgan fingerprint density at radius 2 is 0.905 bits per heavy atom. The molecule has 63 heavy (non-hydrogen) atoms. The number of rotatable bonds is 3. The molecule has 10 aromatic carbocycles. The van der Waals surface area contributed by atoms with E-state index in [0.29, 0.717) is 17.5 Å². The Morgan fingerprint density at radius 1 is 0.365 bits per heavy atom. The second kappa shape index (κ2) is 12.5. The van der Waals surface area contributed by atoms with Crippen LogP contribution in [0.4, 0.5) is 0 Å². The van der Waals surface area contributed by atoms with Crippen molar-refractivity contribution in [2.24, 2.45) is 0 Å². The summed E-state index contributed by atoms with van der Waals surface area (Å²) in [5.74, 6) is 1.78. The maximum Gasteiger partial charge on any atom is 0.164 e. The van der Waals surface area contributed by atoms with Gasteiger partial charge in [0.25, 0.3) is 0 Å². The van der Waals surface area contributed by atoms with Crippen molar-refractivity contribution in [1.29, 1.82) is 0 Å². The topological polar surface area (TPSA) is 65.0 Å². The van der Waals surface area contributed by atoms with Crippen molar-refractivity contribution in [3.8, 4) is 45.3 Å². The van der Waals surface area contributed by atoms with Crippen LogP contribution in [0.2, 0.25) is 0 Å². The average molecular weight is 806 g/mol. The molecule has 3 aromatic heterocycles. The van der Waals surface area contributed by atoms with Crippen LogP contribution in [0, 0.1) is 0 Å². The number of nitrogens with zero attached hydrogens (tertiary/aromatic N) is 3. The van der Waals surface area contributed by atoms with Crippen LogP contribution >= 0.6 is 0 Å². The molecular formula is C58H35N3O2. The first-order valence-corrected chi connectivity index (χ1v) is 21.5. The van der Waals surface area contributed by atoms with E-state index in [1.165, 1.54) is 49.0 Å². The van der Waals surface area contributed by atoms with Crippen molar-refractivity contribution >= 4 is 87.0 Å². The lowest BCUT2D eigenvalue weighted by atomic mass is 9.81. The molecule has 0 fully saturated rings. The molecule has 294 valence electrons. The zero-order valence-corrected chi connectivity index (χ0v) is 34.4. The normalized spacial score (nSPS) is 13.4. The Morgan fingerprint density at radius 3 is 1.70 bits per heavy atom. The molecule has 0 atom stereocenters. The molecule has 1 aliphatic rings. The monoisotopic (exact) mass is 805 g/mol. The molecular weight excluding hydrogens is 771 g/mol. The second-order valence-electron chi connectivity index (χ2n) is 17.5. The van der Waals surface area contributed by atoms with Crippen LogP contribution in [0.15, 0.2) is 185 Å². The quantitative estimate of drug-likeness (QED) is 0.166. The van der Waals surface area contributed by atoms with Crippen LogP contribution in [-0.4, -0.2) is 15.0 Å². The summed E-state index contributed by atoms with van der Waals surface area (Å²) < 4.78 is 13.1. The Hall–Kier alpha value is -8.15. The highest BCUT2D eigenvalue weighted by molar-refractivity contribution is 6.23. The highest BCUT2D eigenvalue weighted by Gasteiger charge is 2.39. The lowest BCUT2D eigenvalue weighted by Crippen LogP contribution is -2.15. The molecule has 0 bridgehead atoms. The molecule has 5 nitrogen and oxygen atoms in total. The van der Waals surface area contributed by atoms with Gasteiger partial charge in [-0.25, -0.2) is 15.0 Å². The van der Waals surface area contributed by atoms with Crippen LogP contribution in [0.5, 0.6) is 0 Å². The van der Waals surface area contributed by atoms with Gasteiger partial charge in [0.05, 0.1) is 0 Å². The first-order valence-electron chi connectivity index (χ1n) is 21.5. The van der Waals surface area contributed by atoms with Gasteiger partial charge in [-0.2, -0.15) is 0 Å². The van der Waals surface area contributed by atoms with E-state index in [1.807, 2.05) is 30.3 Å². The fraction of sp³-hybridized carbons (Fsp3) is 0.0517. The highest BCUT2D eigenvalue weighted by atomic mass is 16.3. The van der Waals surface area contributed by atoms with Crippen LogP contribution in [0.3, 0.4) is 0 Å². The van der Waals surface area contributed by atoms with Crippen molar-refractivity contribution in [2.45, 2.75) is 19.3 Å². The number of para-hydroxylation sites is 2. The van der Waals surface area contributed by atoms with Gasteiger partial charge < -0.3 is 8.83 Å². The Balaban J connectivity index is 1.05. The van der Waals surface area contributed by atoms with Crippen LogP contribution in [0.1, 0.15) is 25.0 Å². The zero-order valence-electron chi connectivity index (χ0n) is 34.4. The summed E-state index contributed by atoms with van der Waals surface area (Å²) in [5, 5.41) is 13.8. The van der Waals surface area contributed by atoms with Crippen molar-refractivity contribution in [3.63, 3.8) is 0 Å². The number of hydrogen-bond acceptors (Lipinski definition) is 5. The zero-order chi connectivity index (χ0) is 41.6. The number of fused-ring (bicyclic) bond motifs is 17. The van der Waals surface area contributed by atoms with E-state index in [9.17, 15) is 0 Å². The molecule has 5 heteroatoms. The van der Waals surface area contributed by atoms with E-state index >= 15 is 0 Å². The molecule has 0 saturated carbocycles. The van der Waals surface area contributed by atoms with Crippen LogP contribution in [-0.2, 0) is 5.41 Å². The van der Waals surface area contributed by atoms with Crippen molar-refractivity contribution in [1.82, 2.24) is 15.0 Å². The molecule has 14 rings (SSSR count). The lowest BCUT2D eigenvalue weighted by molar-refractivity contribution is 0.653. The lowest BCUT2D eigenvalue weighted by Gasteiger charge is -2.22. The van der Waals surface area contributed by atoms with E-state index in [-0.39, 0.29) is 5.41 Å². The molecule has 0 radical (unpaired) electrons. The largest absolute Gasteiger partial charge is 0.456 e. The maximum atomic E-state index is 6.88. The Kier molecular flexibility index (Phi) is 6.84. The molecule has 0 N–H and O–H groups in total. The molecule has 0 unspecified atom stereocenters. The van der Waals surface area contributed by atoms with Gasteiger partial charge in [0, 0.05) is 49.2 Å². The number of benzene rings is 10.